The molecule has 120 valence electrons. The molecule has 1 rings (SSSR count). The predicted molar refractivity (Wildman–Crippen MR) is 56.7 cm³/mol. The van der Waals surface area contributed by atoms with Gasteiger partial charge in [0, 0.05) is 0 Å². The van der Waals surface area contributed by atoms with Crippen LogP contribution in [0, 0.1) is 0 Å². The normalized spacial score (nSPS) is 31.2. The first-order valence-electron chi connectivity index (χ1n) is 5.17. The van der Waals surface area contributed by atoms with Crippen molar-refractivity contribution in [3.05, 3.63) is 0 Å². The van der Waals surface area contributed by atoms with Gasteiger partial charge in [-0.2, -0.15) is 0 Å². The van der Waals surface area contributed by atoms with Gasteiger partial charge in [-0.05, 0) is 6.92 Å². The molecule has 0 aromatic rings. The number of ether oxygens (including phenoxy) is 1. The van der Waals surface area contributed by atoms with Crippen molar-refractivity contribution < 1.29 is 112 Å². The Balaban J connectivity index is 0. The number of hydrogen-bond donors (Lipinski definition) is 2. The molecule has 11 nitrogen and oxygen atoms in total. The quantitative estimate of drug-likeness (QED) is 0.128. The fraction of sp³-hybridized carbons (Fsp3) is 1.00. The van der Waals surface area contributed by atoms with Crippen molar-refractivity contribution in [2.45, 2.75) is 37.4 Å². The number of aliphatic hydroxyl groups is 2. The molecule has 5 atom stereocenters. The van der Waals surface area contributed by atoms with Crippen LogP contribution in [0.4, 0.5) is 0 Å². The van der Waals surface area contributed by atoms with E-state index in [9.17, 15) is 15.6 Å². The summed E-state index contributed by atoms with van der Waals surface area (Å²) in [6, 6.07) is 0. The Morgan fingerprint density at radius 3 is 2.00 bits per heavy atom. The third kappa shape index (κ3) is 8.57. The first kappa shape index (κ1) is 26.5. The second-order valence-corrected chi connectivity index (χ2v) is 4.51. The first-order chi connectivity index (χ1) is 9.65. The van der Waals surface area contributed by atoms with E-state index in [4.69, 9.17) is 18.2 Å². The molecule has 0 aromatic carbocycles. The van der Waals surface area contributed by atoms with E-state index in [2.05, 4.69) is 18.7 Å². The number of aliphatic hydroxyl groups excluding tert-OH is 2. The van der Waals surface area contributed by atoms with Gasteiger partial charge >= 0.3 is 59.1 Å². The van der Waals surface area contributed by atoms with E-state index in [1.807, 2.05) is 0 Å². The Morgan fingerprint density at radius 1 is 1.05 bits per heavy atom. The van der Waals surface area contributed by atoms with E-state index >= 15 is 0 Å². The molecule has 1 aliphatic heterocycles. The molecular formula is C7H12Na2O11S2. The van der Waals surface area contributed by atoms with Gasteiger partial charge in [-0.25, -0.2) is 0 Å². The topological polar surface area (TPSA) is 151 Å². The summed E-state index contributed by atoms with van der Waals surface area (Å²) in [6.07, 6.45) is -4.85. The van der Waals surface area contributed by atoms with Crippen molar-refractivity contribution >= 4 is 24.6 Å². The Hall–Kier alpha value is 2.26. The van der Waals surface area contributed by atoms with Gasteiger partial charge in [0.1, 0.15) is 24.4 Å². The van der Waals surface area contributed by atoms with Crippen LogP contribution in [0.15, 0.2) is 0 Å². The van der Waals surface area contributed by atoms with Crippen molar-refractivity contribution in [1.82, 2.24) is 0 Å². The van der Waals surface area contributed by atoms with E-state index in [0.717, 1.165) is 0 Å². The molecule has 0 bridgehead atoms. The van der Waals surface area contributed by atoms with Gasteiger partial charge in [0.05, 0.1) is 12.7 Å². The van der Waals surface area contributed by atoms with Crippen molar-refractivity contribution in [2.75, 3.05) is 6.61 Å². The third-order valence-electron chi connectivity index (χ3n) is 2.49. The minimum atomic E-state index is -1.29. The zero-order chi connectivity index (χ0) is 15.0. The number of hydrogen-bond acceptors (Lipinski definition) is 13. The Labute approximate surface area is 179 Å². The fourth-order valence-corrected chi connectivity index (χ4v) is 2.43. The van der Waals surface area contributed by atoms with E-state index in [0.29, 0.717) is 0 Å². The molecule has 5 unspecified atom stereocenters. The molecular weight excluding hydrogens is 370 g/mol. The molecule has 2 N–H and O–H groups in total. The van der Waals surface area contributed by atoms with Crippen molar-refractivity contribution in [1.29, 1.82) is 0 Å². The second kappa shape index (κ2) is 15.5. The van der Waals surface area contributed by atoms with Crippen molar-refractivity contribution in [3.8, 4) is 0 Å². The summed E-state index contributed by atoms with van der Waals surface area (Å²) in [7, 11) is 0. The molecule has 0 amide bonds. The molecule has 0 aliphatic carbocycles. The van der Waals surface area contributed by atoms with E-state index < -0.39 is 37.1 Å². The van der Waals surface area contributed by atoms with E-state index in [1.165, 1.54) is 0 Å². The summed E-state index contributed by atoms with van der Waals surface area (Å²) in [5.74, 6) is 0. The molecule has 0 radical (unpaired) electrons. The van der Waals surface area contributed by atoms with Gasteiger partial charge < -0.3 is 25.5 Å². The molecule has 0 aromatic heterocycles. The smallest absolute Gasteiger partial charge is 0.691 e. The van der Waals surface area contributed by atoms with Crippen LogP contribution in [0.3, 0.4) is 0 Å². The first-order valence-corrected chi connectivity index (χ1v) is 6.50. The molecule has 1 saturated heterocycles. The molecule has 1 fully saturated rings. The van der Waals surface area contributed by atoms with Crippen LogP contribution in [0.25, 0.3) is 0 Å². The zero-order valence-corrected chi connectivity index (χ0v) is 17.6. The minimum absolute atomic E-state index is 0. The van der Waals surface area contributed by atoms with E-state index in [1.54, 1.807) is 6.92 Å². The molecule has 15 heteroatoms. The van der Waals surface area contributed by atoms with Crippen LogP contribution in [-0.4, -0.2) is 47.3 Å². The van der Waals surface area contributed by atoms with Crippen LogP contribution in [0.5, 0.6) is 0 Å². The maximum Gasteiger partial charge on any atom is 1.00 e. The summed E-state index contributed by atoms with van der Waals surface area (Å²) in [6.45, 7) is 1.11. The average molecular weight is 382 g/mol. The summed E-state index contributed by atoms with van der Waals surface area (Å²) < 4.78 is 23.2. The number of rotatable bonds is 9. The average Bonchev–Trinajstić information content (AvgIpc) is 2.45. The second-order valence-electron chi connectivity index (χ2n) is 3.58. The van der Waals surface area contributed by atoms with Gasteiger partial charge in [0.2, 0.25) is 0 Å². The van der Waals surface area contributed by atoms with Crippen molar-refractivity contribution in [2.24, 2.45) is 0 Å². The molecule has 1 heterocycles. The fourth-order valence-electron chi connectivity index (χ4n) is 1.65. The van der Waals surface area contributed by atoms with Gasteiger partial charge in [-0.3, -0.25) is 18.4 Å². The standard InChI is InChI=1S/C7H14O11S2.2Na/c1-3-6(13-19-17-15-10)7(14-20-18-16-11)5(9)4(2-8)12-3;;/h3-11H,2H2,1H3;;/q;2*+1/p-2. The summed E-state index contributed by atoms with van der Waals surface area (Å²) in [4.78, 5) is 0. The molecule has 22 heavy (non-hydrogen) atoms. The van der Waals surface area contributed by atoms with Gasteiger partial charge in [0.15, 0.2) is 24.6 Å². The Kier molecular flexibility index (Phi) is 18.7. The van der Waals surface area contributed by atoms with Gasteiger partial charge in [-0.1, -0.05) is 0 Å². The van der Waals surface area contributed by atoms with Crippen LogP contribution < -0.4 is 69.6 Å². The minimum Gasteiger partial charge on any atom is -0.691 e. The maximum atomic E-state index is 9.95. The van der Waals surface area contributed by atoms with Crippen LogP contribution in [-0.2, 0) is 31.8 Å². The Morgan fingerprint density at radius 2 is 1.55 bits per heavy atom. The van der Waals surface area contributed by atoms with Crippen LogP contribution >= 0.6 is 24.6 Å². The van der Waals surface area contributed by atoms with E-state index in [-0.39, 0.29) is 83.8 Å². The SMILES string of the molecule is CC1OC(CO)C(O)C(OSOO[O-])C1OSOO[O-].[Na+].[Na+]. The van der Waals surface area contributed by atoms with Crippen LogP contribution in [0.1, 0.15) is 6.92 Å². The van der Waals surface area contributed by atoms with Crippen LogP contribution in [0.2, 0.25) is 0 Å². The van der Waals surface area contributed by atoms with Gasteiger partial charge in [-0.15, -0.1) is 8.67 Å². The largest absolute Gasteiger partial charge is 1.00 e. The Bertz CT molecular complexity index is 269. The van der Waals surface area contributed by atoms with Gasteiger partial charge in [0.25, 0.3) is 0 Å². The maximum absolute atomic E-state index is 9.95. The van der Waals surface area contributed by atoms with Crippen molar-refractivity contribution in [3.63, 3.8) is 0 Å². The zero-order valence-electron chi connectivity index (χ0n) is 12.0. The predicted octanol–water partition coefficient (Wildman–Crippen LogP) is -8.52. The molecule has 0 saturated carbocycles. The summed E-state index contributed by atoms with van der Waals surface area (Å²) >= 11 is 0.372. The summed E-state index contributed by atoms with van der Waals surface area (Å²) in [5.41, 5.74) is 0. The molecule has 1 aliphatic rings. The summed E-state index contributed by atoms with van der Waals surface area (Å²) in [5, 5.41) is 44.5. The monoisotopic (exact) mass is 382 g/mol. The molecule has 0 spiro atoms. The third-order valence-corrected chi connectivity index (χ3v) is 3.31.